The zero-order valence-electron chi connectivity index (χ0n) is 20.9. The topological polar surface area (TPSA) is 22.1 Å². The Hall–Kier alpha value is -3.46. The van der Waals surface area contributed by atoms with Gasteiger partial charge in [-0.1, -0.05) is 24.3 Å². The Kier molecular flexibility index (Phi) is 7.55. The molecule has 37 heavy (non-hydrogen) atoms. The number of halogens is 5. The highest BCUT2D eigenvalue weighted by atomic mass is 19.5. The normalized spacial score (nSPS) is 12.5. The van der Waals surface area contributed by atoms with Gasteiger partial charge in [0.05, 0.1) is 45.5 Å². The lowest BCUT2D eigenvalue weighted by Gasteiger charge is -2.23. The summed E-state index contributed by atoms with van der Waals surface area (Å²) in [6.45, 7) is 1.78. The Labute approximate surface area is 213 Å². The van der Waals surface area contributed by atoms with Crippen molar-refractivity contribution in [3.05, 3.63) is 83.7 Å². The molecule has 0 saturated carbocycles. The van der Waals surface area contributed by atoms with Crippen molar-refractivity contribution in [1.82, 2.24) is 4.98 Å². The van der Waals surface area contributed by atoms with Crippen molar-refractivity contribution in [2.24, 2.45) is 0 Å². The summed E-state index contributed by atoms with van der Waals surface area (Å²) in [6, 6.07) is 21.5. The summed E-state index contributed by atoms with van der Waals surface area (Å²) in [5, 5.41) is 0.880. The molecule has 9 heteroatoms. The van der Waals surface area contributed by atoms with E-state index in [1.54, 1.807) is 12.1 Å². The van der Waals surface area contributed by atoms with Gasteiger partial charge in [-0.3, -0.25) is 0 Å². The highest BCUT2D eigenvalue weighted by molar-refractivity contribution is 6.50. The molecule has 1 aromatic heterocycles. The van der Waals surface area contributed by atoms with Gasteiger partial charge in [0, 0.05) is 23.8 Å². The van der Waals surface area contributed by atoms with Crippen LogP contribution in [-0.2, 0) is 6.42 Å². The quantitative estimate of drug-likeness (QED) is 0.102. The highest BCUT2D eigenvalue weighted by Gasteiger charge is 2.25. The highest BCUT2D eigenvalue weighted by Crippen LogP contribution is 2.45. The van der Waals surface area contributed by atoms with Crippen LogP contribution in [0.5, 0.6) is 5.75 Å². The first-order chi connectivity index (χ1) is 17.4. The maximum atomic E-state index is 14.1. The van der Waals surface area contributed by atoms with Gasteiger partial charge in [-0.2, -0.15) is 0 Å². The van der Waals surface area contributed by atoms with E-state index in [1.165, 1.54) is 22.8 Å². The minimum atomic E-state index is -6.00. The number of nitrogens with zero attached hydrogens (tertiary/aromatic N) is 2. The number of quaternary nitrogens is 1. The van der Waals surface area contributed by atoms with Crippen molar-refractivity contribution in [3.63, 3.8) is 0 Å². The molecule has 3 aromatic carbocycles. The Morgan fingerprint density at radius 1 is 0.919 bits per heavy atom. The van der Waals surface area contributed by atoms with Gasteiger partial charge < -0.3 is 26.5 Å². The molecule has 0 amide bonds. The van der Waals surface area contributed by atoms with Gasteiger partial charge in [0.25, 0.3) is 0 Å². The van der Waals surface area contributed by atoms with E-state index in [1.807, 2.05) is 18.2 Å². The van der Waals surface area contributed by atoms with E-state index in [2.05, 4.69) is 51.5 Å². The third-order valence-corrected chi connectivity index (χ3v) is 6.07. The Balaban J connectivity index is 0.000000586. The zero-order chi connectivity index (χ0) is 26.8. The standard InChI is InChI=1S/C28H28FN2O.BF4/c1-31(2,3)15-6-16-32-22-12-9-19(10-13-22)28-25-17-20-7-4-5-8-23(20)27(25)24-18-21(29)11-14-26(24)30-28;2-1(3,4)5/h4-5,7-14,18H,6,15-17H2,1-3H3;/q+1;-1. The van der Waals surface area contributed by atoms with Crippen molar-refractivity contribution in [2.75, 3.05) is 34.3 Å². The third kappa shape index (κ3) is 6.86. The van der Waals surface area contributed by atoms with E-state index < -0.39 is 7.25 Å². The minimum Gasteiger partial charge on any atom is -0.493 e. The SMILES string of the molecule is C[N+](C)(C)CCCOc1ccc(-c2nc3ccc(F)cc3c3c2Cc2ccccc2-3)cc1.F[B-](F)(F)F. The van der Waals surface area contributed by atoms with Gasteiger partial charge in [-0.15, -0.1) is 0 Å². The fourth-order valence-electron chi connectivity index (χ4n) is 4.54. The average Bonchev–Trinajstić information content (AvgIpc) is 3.20. The van der Waals surface area contributed by atoms with Crippen LogP contribution in [0, 0.1) is 5.82 Å². The van der Waals surface area contributed by atoms with Crippen molar-refractivity contribution in [2.45, 2.75) is 12.8 Å². The number of benzene rings is 3. The minimum absolute atomic E-state index is 0.231. The lowest BCUT2D eigenvalue weighted by atomic mass is 9.96. The number of aromatic nitrogens is 1. The average molecular weight is 514 g/mol. The third-order valence-electron chi connectivity index (χ3n) is 6.07. The van der Waals surface area contributed by atoms with Crippen molar-refractivity contribution in [3.8, 4) is 28.1 Å². The molecule has 0 aliphatic heterocycles. The second-order valence-corrected chi connectivity index (χ2v) is 10.0. The van der Waals surface area contributed by atoms with Crippen molar-refractivity contribution in [1.29, 1.82) is 0 Å². The molecule has 0 atom stereocenters. The van der Waals surface area contributed by atoms with Crippen LogP contribution in [0.2, 0.25) is 0 Å². The largest absolute Gasteiger partial charge is 0.673 e. The Morgan fingerprint density at radius 3 is 2.27 bits per heavy atom. The smallest absolute Gasteiger partial charge is 0.493 e. The molecular formula is C28H28BF5N2O. The van der Waals surface area contributed by atoms with Gasteiger partial charge in [0.2, 0.25) is 0 Å². The van der Waals surface area contributed by atoms with Crippen LogP contribution in [-0.4, -0.2) is 51.0 Å². The molecule has 0 unspecified atom stereocenters. The van der Waals surface area contributed by atoms with Crippen LogP contribution in [0.4, 0.5) is 21.7 Å². The predicted molar refractivity (Wildman–Crippen MR) is 139 cm³/mol. The Bertz CT molecular complexity index is 1390. The maximum Gasteiger partial charge on any atom is 0.673 e. The summed E-state index contributed by atoms with van der Waals surface area (Å²) in [5.41, 5.74) is 7.56. The van der Waals surface area contributed by atoms with E-state index in [0.29, 0.717) is 6.61 Å². The fraction of sp³-hybridized carbons (Fsp3) is 0.250. The van der Waals surface area contributed by atoms with E-state index in [9.17, 15) is 21.7 Å². The van der Waals surface area contributed by atoms with Crippen molar-refractivity contribution >= 4 is 18.2 Å². The summed E-state index contributed by atoms with van der Waals surface area (Å²) >= 11 is 0. The van der Waals surface area contributed by atoms with Crippen LogP contribution in [0.1, 0.15) is 17.5 Å². The van der Waals surface area contributed by atoms with Crippen LogP contribution >= 0.6 is 0 Å². The molecule has 0 saturated heterocycles. The summed E-state index contributed by atoms with van der Waals surface area (Å²) in [7, 11) is 0.573. The molecule has 0 bridgehead atoms. The van der Waals surface area contributed by atoms with E-state index in [0.717, 1.165) is 57.3 Å². The molecule has 5 rings (SSSR count). The van der Waals surface area contributed by atoms with E-state index >= 15 is 0 Å². The zero-order valence-corrected chi connectivity index (χ0v) is 20.9. The van der Waals surface area contributed by atoms with Crippen molar-refractivity contribution < 1.29 is 30.9 Å². The molecule has 3 nitrogen and oxygen atoms in total. The lowest BCUT2D eigenvalue weighted by molar-refractivity contribution is -0.870. The first-order valence-corrected chi connectivity index (χ1v) is 12.0. The number of rotatable bonds is 6. The van der Waals surface area contributed by atoms with Gasteiger partial charge >= 0.3 is 7.25 Å². The summed E-state index contributed by atoms with van der Waals surface area (Å²) < 4.78 is 60.0. The number of ether oxygens (including phenoxy) is 1. The van der Waals surface area contributed by atoms with Gasteiger partial charge in [0.15, 0.2) is 0 Å². The molecule has 0 radical (unpaired) electrons. The molecule has 194 valence electrons. The predicted octanol–water partition coefficient (Wildman–Crippen LogP) is 7.39. The number of hydrogen-bond acceptors (Lipinski definition) is 2. The maximum absolute atomic E-state index is 14.1. The molecule has 1 aliphatic carbocycles. The first kappa shape index (κ1) is 26.6. The number of hydrogen-bond donors (Lipinski definition) is 0. The Morgan fingerprint density at radius 2 is 1.59 bits per heavy atom. The second kappa shape index (κ2) is 10.5. The number of fused-ring (bicyclic) bond motifs is 5. The van der Waals surface area contributed by atoms with Crippen LogP contribution in [0.15, 0.2) is 66.7 Å². The molecule has 0 spiro atoms. The van der Waals surface area contributed by atoms with Gasteiger partial charge in [0.1, 0.15) is 11.6 Å². The van der Waals surface area contributed by atoms with Crippen LogP contribution in [0.3, 0.4) is 0 Å². The molecular weight excluding hydrogens is 486 g/mol. The van der Waals surface area contributed by atoms with E-state index in [4.69, 9.17) is 9.72 Å². The molecule has 0 fully saturated rings. The molecule has 0 N–H and O–H groups in total. The van der Waals surface area contributed by atoms with Gasteiger partial charge in [-0.05, 0) is 64.7 Å². The molecule has 1 aliphatic rings. The lowest BCUT2D eigenvalue weighted by Crippen LogP contribution is -2.35. The summed E-state index contributed by atoms with van der Waals surface area (Å²) in [5.74, 6) is 0.642. The monoisotopic (exact) mass is 514 g/mol. The summed E-state index contributed by atoms with van der Waals surface area (Å²) in [6.07, 6.45) is 1.82. The number of pyridine rings is 1. The summed E-state index contributed by atoms with van der Waals surface area (Å²) in [4.78, 5) is 4.96. The van der Waals surface area contributed by atoms with E-state index in [-0.39, 0.29) is 5.82 Å². The molecule has 4 aromatic rings. The second-order valence-electron chi connectivity index (χ2n) is 10.0. The first-order valence-electron chi connectivity index (χ1n) is 12.0. The van der Waals surface area contributed by atoms with Crippen LogP contribution < -0.4 is 4.74 Å². The van der Waals surface area contributed by atoms with Gasteiger partial charge in [-0.25, -0.2) is 9.37 Å². The van der Waals surface area contributed by atoms with Crippen LogP contribution in [0.25, 0.3) is 33.3 Å². The fourth-order valence-corrected chi connectivity index (χ4v) is 4.54. The molecule has 1 heterocycles.